The molecule has 2 aromatic carbocycles. The Hall–Kier alpha value is -2.96. The molecule has 0 saturated carbocycles. The molecule has 2 saturated heterocycles. The fourth-order valence-electron chi connectivity index (χ4n) is 3.97. The van der Waals surface area contributed by atoms with Gasteiger partial charge in [-0.15, -0.1) is 0 Å². The molecule has 2 heterocycles. The highest BCUT2D eigenvalue weighted by molar-refractivity contribution is 5.95. The van der Waals surface area contributed by atoms with Crippen LogP contribution in [0, 0.1) is 11.6 Å². The van der Waals surface area contributed by atoms with E-state index in [1.807, 2.05) is 4.90 Å². The Kier molecular flexibility index (Phi) is 4.75. The summed E-state index contributed by atoms with van der Waals surface area (Å²) in [5.74, 6) is -2.01. The van der Waals surface area contributed by atoms with Gasteiger partial charge in [-0.2, -0.15) is 0 Å². The highest BCUT2D eigenvalue weighted by Gasteiger charge is 2.39. The van der Waals surface area contributed by atoms with Gasteiger partial charge in [0.1, 0.15) is 11.6 Å². The fraction of sp³-hybridized carbons (Fsp3) is 0.333. The van der Waals surface area contributed by atoms with Crippen LogP contribution < -0.4 is 4.90 Å². The minimum Gasteiger partial charge on any atom is -0.465 e. The normalized spacial score (nSPS) is 19.0. The Morgan fingerprint density at radius 2 is 1.79 bits per heavy atom. The van der Waals surface area contributed by atoms with Gasteiger partial charge < -0.3 is 9.64 Å². The van der Waals surface area contributed by atoms with Crippen molar-refractivity contribution in [3.05, 3.63) is 53.6 Å². The largest absolute Gasteiger partial charge is 0.465 e. The molecule has 2 fully saturated rings. The number of benzene rings is 2. The molecular formula is C21H20F2N2O3. The monoisotopic (exact) mass is 386 g/mol. The second kappa shape index (κ2) is 7.22. The van der Waals surface area contributed by atoms with Gasteiger partial charge in [-0.25, -0.2) is 18.4 Å². The summed E-state index contributed by atoms with van der Waals surface area (Å²) in [6.45, 7) is 1.28. The summed E-state index contributed by atoms with van der Waals surface area (Å²) in [5, 5.41) is 0. The number of hydrogen-bond donors (Lipinski definition) is 0. The van der Waals surface area contributed by atoms with Crippen molar-refractivity contribution in [3.63, 3.8) is 0 Å². The Labute approximate surface area is 161 Å². The molecular weight excluding hydrogens is 366 g/mol. The van der Waals surface area contributed by atoms with E-state index in [1.165, 1.54) is 31.4 Å². The van der Waals surface area contributed by atoms with Crippen LogP contribution in [0.25, 0.3) is 11.1 Å². The Balaban J connectivity index is 1.62. The molecule has 0 radical (unpaired) electrons. The first-order valence-electron chi connectivity index (χ1n) is 9.25. The summed E-state index contributed by atoms with van der Waals surface area (Å²) in [6.07, 6.45) is 3.04. The van der Waals surface area contributed by atoms with Gasteiger partial charge in [-0.3, -0.25) is 4.90 Å². The number of fused-ring (bicyclic) bond motifs is 1. The van der Waals surface area contributed by atoms with Crippen LogP contribution in [0.3, 0.4) is 0 Å². The van der Waals surface area contributed by atoms with Crippen LogP contribution in [-0.4, -0.2) is 43.1 Å². The molecule has 2 aromatic rings. The number of rotatable bonds is 3. The molecule has 0 aliphatic carbocycles. The third-order valence-corrected chi connectivity index (χ3v) is 5.44. The smallest absolute Gasteiger partial charge is 0.337 e. The van der Waals surface area contributed by atoms with Gasteiger partial charge in [-0.05, 0) is 49.6 Å². The Morgan fingerprint density at radius 3 is 2.43 bits per heavy atom. The van der Waals surface area contributed by atoms with E-state index < -0.39 is 17.6 Å². The molecule has 2 amide bonds. The summed E-state index contributed by atoms with van der Waals surface area (Å²) < 4.78 is 33.8. The Morgan fingerprint density at radius 1 is 1.07 bits per heavy atom. The maximum Gasteiger partial charge on any atom is 0.337 e. The molecule has 146 valence electrons. The lowest BCUT2D eigenvalue weighted by atomic mass is 10.0. The summed E-state index contributed by atoms with van der Waals surface area (Å²) in [6, 6.07) is 8.18. The number of anilines is 1. The average molecular weight is 386 g/mol. The lowest BCUT2D eigenvalue weighted by Gasteiger charge is -2.27. The first-order valence-corrected chi connectivity index (χ1v) is 9.25. The van der Waals surface area contributed by atoms with Crippen molar-refractivity contribution >= 4 is 17.7 Å². The summed E-state index contributed by atoms with van der Waals surface area (Å²) in [7, 11) is 1.21. The Bertz CT molecular complexity index is 947. The molecule has 0 aromatic heterocycles. The van der Waals surface area contributed by atoms with Gasteiger partial charge in [0.15, 0.2) is 0 Å². The van der Waals surface area contributed by atoms with Crippen molar-refractivity contribution in [3.8, 4) is 11.1 Å². The van der Waals surface area contributed by atoms with Crippen molar-refractivity contribution in [2.24, 2.45) is 0 Å². The van der Waals surface area contributed by atoms with Crippen LogP contribution in [0.5, 0.6) is 0 Å². The number of ether oxygens (including phenoxy) is 1. The number of halogens is 2. The highest BCUT2D eigenvalue weighted by atomic mass is 19.1. The van der Waals surface area contributed by atoms with Gasteiger partial charge in [0.2, 0.25) is 0 Å². The molecule has 0 spiro atoms. The standard InChI is InChI=1S/C21H20F2N2O3/c1-28-20(26)13-5-7-16(18(22)10-13)17-8-6-14(11-19(17)23)25-12-15-4-2-3-9-24(15)21(25)27/h5-8,10-11,15H,2-4,9,12H2,1H3/t15-/m0/s1. The summed E-state index contributed by atoms with van der Waals surface area (Å²) in [5.41, 5.74) is 0.635. The zero-order valence-electron chi connectivity index (χ0n) is 15.5. The highest BCUT2D eigenvalue weighted by Crippen LogP contribution is 2.33. The van der Waals surface area contributed by atoms with Gasteiger partial charge in [0.05, 0.1) is 18.7 Å². The van der Waals surface area contributed by atoms with Crippen LogP contribution in [0.4, 0.5) is 19.3 Å². The molecule has 2 aliphatic heterocycles. The van der Waals surface area contributed by atoms with Crippen molar-refractivity contribution in [1.29, 1.82) is 0 Å². The van der Waals surface area contributed by atoms with Crippen LogP contribution in [0.15, 0.2) is 36.4 Å². The predicted octanol–water partition coefficient (Wildman–Crippen LogP) is 4.21. The van der Waals surface area contributed by atoms with Crippen LogP contribution in [-0.2, 0) is 4.74 Å². The fourth-order valence-corrected chi connectivity index (χ4v) is 3.97. The molecule has 0 unspecified atom stereocenters. The van der Waals surface area contributed by atoms with Gasteiger partial charge in [-0.1, -0.05) is 6.07 Å². The molecule has 1 atom stereocenters. The number of amides is 2. The van der Waals surface area contributed by atoms with Gasteiger partial charge in [0, 0.05) is 29.9 Å². The average Bonchev–Trinajstić information content (AvgIpc) is 3.04. The minimum absolute atomic E-state index is 0.0434. The van der Waals surface area contributed by atoms with Crippen LogP contribution in [0.1, 0.15) is 29.6 Å². The topological polar surface area (TPSA) is 49.9 Å². The zero-order chi connectivity index (χ0) is 19.8. The number of carbonyl (C=O) groups excluding carboxylic acids is 2. The molecule has 4 rings (SSSR count). The van der Waals surface area contributed by atoms with E-state index in [4.69, 9.17) is 0 Å². The summed E-state index contributed by atoms with van der Waals surface area (Å²) >= 11 is 0. The van der Waals surface area contributed by atoms with E-state index >= 15 is 0 Å². The number of nitrogens with zero attached hydrogens (tertiary/aromatic N) is 2. The number of piperidine rings is 1. The van der Waals surface area contributed by atoms with E-state index in [0.717, 1.165) is 31.9 Å². The second-order valence-corrected chi connectivity index (χ2v) is 7.09. The van der Waals surface area contributed by atoms with E-state index in [0.29, 0.717) is 12.2 Å². The van der Waals surface area contributed by atoms with Crippen molar-refractivity contribution in [2.45, 2.75) is 25.3 Å². The van der Waals surface area contributed by atoms with Crippen LogP contribution in [0.2, 0.25) is 0 Å². The molecule has 28 heavy (non-hydrogen) atoms. The number of esters is 1. The van der Waals surface area contributed by atoms with Crippen molar-refractivity contribution in [2.75, 3.05) is 25.1 Å². The summed E-state index contributed by atoms with van der Waals surface area (Å²) in [4.78, 5) is 27.6. The van der Waals surface area contributed by atoms with Crippen molar-refractivity contribution in [1.82, 2.24) is 4.90 Å². The lowest BCUT2D eigenvalue weighted by Crippen LogP contribution is -2.38. The quantitative estimate of drug-likeness (QED) is 0.743. The van der Waals surface area contributed by atoms with E-state index in [1.54, 1.807) is 11.0 Å². The third kappa shape index (κ3) is 3.10. The van der Waals surface area contributed by atoms with E-state index in [-0.39, 0.29) is 28.8 Å². The lowest BCUT2D eigenvalue weighted by molar-refractivity contribution is 0.0600. The molecule has 2 aliphatic rings. The third-order valence-electron chi connectivity index (χ3n) is 5.44. The van der Waals surface area contributed by atoms with E-state index in [2.05, 4.69) is 4.74 Å². The number of methoxy groups -OCH3 is 1. The maximum atomic E-state index is 14.8. The zero-order valence-corrected chi connectivity index (χ0v) is 15.5. The van der Waals surface area contributed by atoms with Gasteiger partial charge >= 0.3 is 12.0 Å². The van der Waals surface area contributed by atoms with Crippen molar-refractivity contribution < 1.29 is 23.1 Å². The van der Waals surface area contributed by atoms with Crippen LogP contribution >= 0.6 is 0 Å². The maximum absolute atomic E-state index is 14.8. The first kappa shape index (κ1) is 18.4. The van der Waals surface area contributed by atoms with Gasteiger partial charge in [0.25, 0.3) is 0 Å². The first-order chi connectivity index (χ1) is 13.5. The molecule has 5 nitrogen and oxygen atoms in total. The van der Waals surface area contributed by atoms with E-state index in [9.17, 15) is 18.4 Å². The SMILES string of the molecule is COC(=O)c1ccc(-c2ccc(N3C[C@@H]4CCCCN4C3=O)cc2F)c(F)c1. The minimum atomic E-state index is -0.719. The second-order valence-electron chi connectivity index (χ2n) is 7.09. The molecule has 7 heteroatoms. The number of carbonyl (C=O) groups is 2. The predicted molar refractivity (Wildman–Crippen MR) is 100 cm³/mol. The molecule has 0 N–H and O–H groups in total. The number of hydrogen-bond acceptors (Lipinski definition) is 3. The molecule has 0 bridgehead atoms. The number of urea groups is 1.